The Morgan fingerprint density at radius 2 is 1.91 bits per heavy atom. The van der Waals surface area contributed by atoms with Gasteiger partial charge in [0.1, 0.15) is 0 Å². The molecule has 23 heavy (non-hydrogen) atoms. The maximum atomic E-state index is 12.3. The van der Waals surface area contributed by atoms with Gasteiger partial charge >= 0.3 is 0 Å². The number of hydrogen-bond donors (Lipinski definition) is 1. The van der Waals surface area contributed by atoms with Crippen molar-refractivity contribution in [2.75, 3.05) is 13.1 Å². The van der Waals surface area contributed by atoms with Crippen molar-refractivity contribution in [1.82, 2.24) is 19.8 Å². The molecule has 2 heterocycles. The average molecular weight is 310 g/mol. The molecule has 3 rings (SSSR count). The van der Waals surface area contributed by atoms with E-state index >= 15 is 0 Å². The number of carbonyl (C=O) groups is 1. The van der Waals surface area contributed by atoms with Gasteiger partial charge in [-0.25, -0.2) is 4.98 Å². The molecule has 0 aliphatic carbocycles. The van der Waals surface area contributed by atoms with Crippen LogP contribution in [0, 0.1) is 0 Å². The van der Waals surface area contributed by atoms with E-state index in [4.69, 9.17) is 0 Å². The molecule has 1 aliphatic heterocycles. The highest BCUT2D eigenvalue weighted by atomic mass is 16.2. The molecule has 1 aliphatic rings. The molecule has 5 heteroatoms. The third-order valence-electron chi connectivity index (χ3n) is 3.98. The van der Waals surface area contributed by atoms with Crippen molar-refractivity contribution >= 4 is 12.0 Å². The molecule has 2 aromatic rings. The predicted octanol–water partition coefficient (Wildman–Crippen LogP) is 2.09. The van der Waals surface area contributed by atoms with Gasteiger partial charge in [0.05, 0.1) is 6.33 Å². The smallest absolute Gasteiger partial charge is 0.246 e. The second kappa shape index (κ2) is 6.79. The van der Waals surface area contributed by atoms with Gasteiger partial charge in [-0.2, -0.15) is 0 Å². The number of aromatic nitrogens is 2. The van der Waals surface area contributed by atoms with E-state index in [0.29, 0.717) is 12.1 Å². The molecule has 0 saturated carbocycles. The monoisotopic (exact) mass is 310 g/mol. The van der Waals surface area contributed by atoms with Crippen LogP contribution < -0.4 is 5.32 Å². The normalized spacial score (nSPS) is 21.7. The Bertz CT molecular complexity index is 666. The number of imidazole rings is 1. The summed E-state index contributed by atoms with van der Waals surface area (Å²) in [6, 6.07) is 8.71. The molecule has 1 N–H and O–H groups in total. The van der Waals surface area contributed by atoms with E-state index in [1.807, 2.05) is 46.0 Å². The summed E-state index contributed by atoms with van der Waals surface area (Å²) in [7, 11) is 0. The number of hydrogen-bond acceptors (Lipinski definition) is 3. The van der Waals surface area contributed by atoms with E-state index in [-0.39, 0.29) is 5.91 Å². The first kappa shape index (κ1) is 15.5. The third kappa shape index (κ3) is 3.87. The summed E-state index contributed by atoms with van der Waals surface area (Å²) in [5, 5.41) is 3.43. The molecule has 0 bridgehead atoms. The molecule has 5 nitrogen and oxygen atoms in total. The van der Waals surface area contributed by atoms with Crippen molar-refractivity contribution in [2.24, 2.45) is 0 Å². The maximum absolute atomic E-state index is 12.3. The lowest BCUT2D eigenvalue weighted by atomic mass is 10.1. The van der Waals surface area contributed by atoms with Crippen LogP contribution in [0.25, 0.3) is 11.8 Å². The second-order valence-corrected chi connectivity index (χ2v) is 6.11. The zero-order chi connectivity index (χ0) is 16.2. The fourth-order valence-electron chi connectivity index (χ4n) is 2.95. The van der Waals surface area contributed by atoms with Gasteiger partial charge in [-0.05, 0) is 37.6 Å². The average Bonchev–Trinajstić information content (AvgIpc) is 3.06. The highest BCUT2D eigenvalue weighted by molar-refractivity contribution is 5.91. The summed E-state index contributed by atoms with van der Waals surface area (Å²) in [5.41, 5.74) is 2.06. The van der Waals surface area contributed by atoms with Gasteiger partial charge in [0.15, 0.2) is 0 Å². The lowest BCUT2D eigenvalue weighted by Crippen LogP contribution is -2.55. The number of benzene rings is 1. The molecule has 1 aromatic carbocycles. The highest BCUT2D eigenvalue weighted by Crippen LogP contribution is 2.11. The summed E-state index contributed by atoms with van der Waals surface area (Å²) >= 11 is 0. The van der Waals surface area contributed by atoms with E-state index in [1.165, 1.54) is 0 Å². The zero-order valence-corrected chi connectivity index (χ0v) is 13.5. The van der Waals surface area contributed by atoms with Crippen LogP contribution in [0.1, 0.15) is 19.4 Å². The van der Waals surface area contributed by atoms with Gasteiger partial charge in [0, 0.05) is 49.3 Å². The topological polar surface area (TPSA) is 50.2 Å². The Balaban J connectivity index is 1.64. The Kier molecular flexibility index (Phi) is 4.57. The Hall–Kier alpha value is -2.40. The van der Waals surface area contributed by atoms with Crippen molar-refractivity contribution in [3.63, 3.8) is 0 Å². The van der Waals surface area contributed by atoms with Crippen LogP contribution in [0.5, 0.6) is 0 Å². The summed E-state index contributed by atoms with van der Waals surface area (Å²) in [6.45, 7) is 5.73. The summed E-state index contributed by atoms with van der Waals surface area (Å²) in [4.78, 5) is 18.3. The van der Waals surface area contributed by atoms with Gasteiger partial charge in [0.25, 0.3) is 0 Å². The van der Waals surface area contributed by atoms with E-state index in [2.05, 4.69) is 24.1 Å². The minimum Gasteiger partial charge on any atom is -0.336 e. The van der Waals surface area contributed by atoms with Crippen molar-refractivity contribution in [3.8, 4) is 5.69 Å². The van der Waals surface area contributed by atoms with Crippen LogP contribution in [-0.2, 0) is 4.79 Å². The molecule has 1 aromatic heterocycles. The highest BCUT2D eigenvalue weighted by Gasteiger charge is 2.23. The molecule has 1 fully saturated rings. The van der Waals surface area contributed by atoms with Gasteiger partial charge in [0.2, 0.25) is 5.91 Å². The molecule has 2 atom stereocenters. The van der Waals surface area contributed by atoms with Crippen molar-refractivity contribution in [2.45, 2.75) is 25.9 Å². The first-order valence-corrected chi connectivity index (χ1v) is 7.93. The first-order chi connectivity index (χ1) is 11.1. The van der Waals surface area contributed by atoms with E-state index in [1.54, 1.807) is 18.6 Å². The third-order valence-corrected chi connectivity index (χ3v) is 3.98. The second-order valence-electron chi connectivity index (χ2n) is 6.11. The van der Waals surface area contributed by atoms with Crippen LogP contribution >= 0.6 is 0 Å². The van der Waals surface area contributed by atoms with E-state index in [9.17, 15) is 4.79 Å². The number of piperazine rings is 1. The minimum atomic E-state index is 0.0730. The Morgan fingerprint density at radius 1 is 1.22 bits per heavy atom. The van der Waals surface area contributed by atoms with Crippen LogP contribution in [0.3, 0.4) is 0 Å². The molecular weight excluding hydrogens is 288 g/mol. The quantitative estimate of drug-likeness (QED) is 0.883. The number of amides is 1. The van der Waals surface area contributed by atoms with Crippen molar-refractivity contribution < 1.29 is 4.79 Å². The molecule has 120 valence electrons. The first-order valence-electron chi connectivity index (χ1n) is 7.93. The van der Waals surface area contributed by atoms with Crippen LogP contribution in [-0.4, -0.2) is 45.5 Å². The summed E-state index contributed by atoms with van der Waals surface area (Å²) in [6.07, 6.45) is 8.96. The van der Waals surface area contributed by atoms with E-state index in [0.717, 1.165) is 24.3 Å². The van der Waals surface area contributed by atoms with Crippen LogP contribution in [0.2, 0.25) is 0 Å². The minimum absolute atomic E-state index is 0.0730. The fourth-order valence-corrected chi connectivity index (χ4v) is 2.95. The largest absolute Gasteiger partial charge is 0.336 e. The number of carbonyl (C=O) groups excluding carboxylic acids is 1. The predicted molar refractivity (Wildman–Crippen MR) is 91.2 cm³/mol. The van der Waals surface area contributed by atoms with Crippen LogP contribution in [0.4, 0.5) is 0 Å². The maximum Gasteiger partial charge on any atom is 0.246 e. The molecule has 0 radical (unpaired) electrons. The van der Waals surface area contributed by atoms with Crippen molar-refractivity contribution in [3.05, 3.63) is 54.6 Å². The summed E-state index contributed by atoms with van der Waals surface area (Å²) in [5.74, 6) is 0.0730. The zero-order valence-electron chi connectivity index (χ0n) is 13.5. The van der Waals surface area contributed by atoms with Gasteiger partial charge in [-0.15, -0.1) is 0 Å². The Labute approximate surface area is 136 Å². The molecule has 0 spiro atoms. The van der Waals surface area contributed by atoms with Gasteiger partial charge < -0.3 is 14.8 Å². The lowest BCUT2D eigenvalue weighted by molar-refractivity contribution is -0.127. The number of nitrogens with zero attached hydrogens (tertiary/aromatic N) is 3. The standard InChI is InChI=1S/C18H22N4O/c1-14-11-22(12-15(2)20-14)18(23)8-5-16-3-6-17(7-4-16)21-10-9-19-13-21/h3-10,13-15,20H,11-12H2,1-2H3/b8-5+. The molecule has 1 amide bonds. The fraction of sp³-hybridized carbons (Fsp3) is 0.333. The Morgan fingerprint density at radius 3 is 2.52 bits per heavy atom. The van der Waals surface area contributed by atoms with Crippen molar-refractivity contribution in [1.29, 1.82) is 0 Å². The lowest BCUT2D eigenvalue weighted by Gasteiger charge is -2.35. The van der Waals surface area contributed by atoms with Crippen LogP contribution in [0.15, 0.2) is 49.1 Å². The molecular formula is C18H22N4O. The van der Waals surface area contributed by atoms with Gasteiger partial charge in [-0.3, -0.25) is 4.79 Å². The SMILES string of the molecule is CC1CN(C(=O)/C=C/c2ccc(-n3ccnc3)cc2)CC(C)N1. The number of rotatable bonds is 3. The van der Waals surface area contributed by atoms with Gasteiger partial charge in [-0.1, -0.05) is 12.1 Å². The summed E-state index contributed by atoms with van der Waals surface area (Å²) < 4.78 is 1.95. The molecule has 1 saturated heterocycles. The number of nitrogens with one attached hydrogen (secondary N) is 1. The van der Waals surface area contributed by atoms with E-state index < -0.39 is 0 Å². The molecule has 2 unspecified atom stereocenters.